The molecule has 0 N–H and O–H groups in total. The van der Waals surface area contributed by atoms with E-state index in [1.165, 1.54) is 0 Å². The predicted molar refractivity (Wildman–Crippen MR) is 53.6 cm³/mol. The van der Waals surface area contributed by atoms with E-state index in [2.05, 4.69) is 16.0 Å². The van der Waals surface area contributed by atoms with Crippen molar-refractivity contribution in [2.24, 2.45) is 4.99 Å². The largest absolute Gasteiger partial charge is 0.256 e. The van der Waals surface area contributed by atoms with Gasteiger partial charge >= 0.3 is 0 Å². The van der Waals surface area contributed by atoms with Crippen LogP contribution >= 0.6 is 0 Å². The zero-order valence-electron chi connectivity index (χ0n) is 7.23. The van der Waals surface area contributed by atoms with Crippen LogP contribution in [0.2, 0.25) is 0 Å². The van der Waals surface area contributed by atoms with Crippen molar-refractivity contribution in [2.75, 3.05) is 0 Å². The molecule has 0 saturated heterocycles. The Labute approximate surface area is 80.3 Å². The molecule has 0 atom stereocenters. The van der Waals surface area contributed by atoms with Crippen LogP contribution in [0, 0.1) is 11.3 Å². The van der Waals surface area contributed by atoms with Gasteiger partial charge in [0, 0.05) is 17.1 Å². The normalized spacial score (nSPS) is 12.6. The highest BCUT2D eigenvalue weighted by atomic mass is 14.8. The lowest BCUT2D eigenvalue weighted by atomic mass is 10.1. The number of hydrogen-bond donors (Lipinski definition) is 0. The molecule has 2 aromatic rings. The molecular weight excluding hydrogens is 174 g/mol. The molecular formula is C11H5N3. The van der Waals surface area contributed by atoms with Crippen molar-refractivity contribution in [3.05, 3.63) is 36.0 Å². The van der Waals surface area contributed by atoms with Crippen molar-refractivity contribution >= 4 is 22.3 Å². The van der Waals surface area contributed by atoms with Gasteiger partial charge in [-0.25, -0.2) is 4.99 Å². The molecule has 2 heterocycles. The van der Waals surface area contributed by atoms with Crippen LogP contribution in [0.25, 0.3) is 10.9 Å². The lowest BCUT2D eigenvalue weighted by Gasteiger charge is -1.97. The second-order valence-corrected chi connectivity index (χ2v) is 3.10. The number of hydrogen-bond acceptors (Lipinski definition) is 3. The summed E-state index contributed by atoms with van der Waals surface area (Å²) in [4.78, 5) is 8.46. The lowest BCUT2D eigenvalue weighted by molar-refractivity contribution is 1.41. The number of nitriles is 1. The number of rotatable bonds is 0. The van der Waals surface area contributed by atoms with E-state index in [0.29, 0.717) is 5.71 Å². The Hall–Kier alpha value is -2.21. The molecule has 3 rings (SSSR count). The predicted octanol–water partition coefficient (Wildman–Crippen LogP) is 2.19. The maximum Gasteiger partial charge on any atom is 0.149 e. The van der Waals surface area contributed by atoms with E-state index in [9.17, 15) is 0 Å². The Morgan fingerprint density at radius 3 is 3.00 bits per heavy atom. The smallest absolute Gasteiger partial charge is 0.149 e. The van der Waals surface area contributed by atoms with Crippen LogP contribution in [0.3, 0.4) is 0 Å². The molecule has 0 radical (unpaired) electrons. The van der Waals surface area contributed by atoms with Crippen molar-refractivity contribution < 1.29 is 0 Å². The summed E-state index contributed by atoms with van der Waals surface area (Å²) in [5, 5.41) is 9.88. The van der Waals surface area contributed by atoms with Gasteiger partial charge < -0.3 is 0 Å². The molecule has 0 fully saturated rings. The van der Waals surface area contributed by atoms with E-state index >= 15 is 0 Å². The minimum absolute atomic E-state index is 0.485. The number of nitrogens with zero attached hydrogens (tertiary/aromatic N) is 3. The fourth-order valence-corrected chi connectivity index (χ4v) is 1.74. The molecule has 64 valence electrons. The van der Waals surface area contributed by atoms with Crippen molar-refractivity contribution in [3.63, 3.8) is 0 Å². The average Bonchev–Trinajstić information content (AvgIpc) is 2.60. The van der Waals surface area contributed by atoms with E-state index in [1.54, 1.807) is 6.20 Å². The van der Waals surface area contributed by atoms with E-state index in [0.717, 1.165) is 22.2 Å². The zero-order chi connectivity index (χ0) is 9.54. The minimum atomic E-state index is 0.485. The quantitative estimate of drug-likeness (QED) is 0.622. The lowest BCUT2D eigenvalue weighted by Crippen LogP contribution is -1.92. The number of aromatic nitrogens is 1. The molecule has 14 heavy (non-hydrogen) atoms. The first-order valence-corrected chi connectivity index (χ1v) is 4.27. The first-order valence-electron chi connectivity index (χ1n) is 4.27. The van der Waals surface area contributed by atoms with Crippen molar-refractivity contribution in [2.45, 2.75) is 0 Å². The number of pyridine rings is 1. The molecule has 0 saturated carbocycles. The Balaban J connectivity index is 2.54. The van der Waals surface area contributed by atoms with Crippen LogP contribution in [0.1, 0.15) is 5.56 Å². The number of benzene rings is 1. The third-order valence-electron chi connectivity index (χ3n) is 2.34. The fourth-order valence-electron chi connectivity index (χ4n) is 1.74. The van der Waals surface area contributed by atoms with Gasteiger partial charge in [-0.2, -0.15) is 5.26 Å². The van der Waals surface area contributed by atoms with Gasteiger partial charge in [-0.1, -0.05) is 6.07 Å². The SMILES string of the molecule is N#CC1=Nc2cccc3nccc1c23. The van der Waals surface area contributed by atoms with E-state index < -0.39 is 0 Å². The molecule has 1 aromatic heterocycles. The maximum absolute atomic E-state index is 8.89. The molecule has 0 spiro atoms. The molecule has 0 bridgehead atoms. The molecule has 3 heteroatoms. The molecule has 0 amide bonds. The molecule has 3 nitrogen and oxygen atoms in total. The summed E-state index contributed by atoms with van der Waals surface area (Å²) < 4.78 is 0. The summed E-state index contributed by atoms with van der Waals surface area (Å²) >= 11 is 0. The molecule has 1 aliphatic rings. The Morgan fingerprint density at radius 1 is 1.21 bits per heavy atom. The van der Waals surface area contributed by atoms with Gasteiger partial charge in [0.25, 0.3) is 0 Å². The Bertz CT molecular complexity index is 600. The van der Waals surface area contributed by atoms with Gasteiger partial charge in [-0.3, -0.25) is 4.98 Å². The van der Waals surface area contributed by atoms with Gasteiger partial charge in [0.1, 0.15) is 11.8 Å². The molecule has 1 aliphatic heterocycles. The van der Waals surface area contributed by atoms with Crippen LogP contribution in [-0.4, -0.2) is 10.7 Å². The van der Waals surface area contributed by atoms with Crippen LogP contribution in [0.5, 0.6) is 0 Å². The molecule has 0 unspecified atom stereocenters. The fraction of sp³-hybridized carbons (Fsp3) is 0. The Morgan fingerprint density at radius 2 is 2.14 bits per heavy atom. The van der Waals surface area contributed by atoms with Gasteiger partial charge in [0.15, 0.2) is 0 Å². The molecule has 0 aliphatic carbocycles. The van der Waals surface area contributed by atoms with Gasteiger partial charge in [0.2, 0.25) is 0 Å². The Kier molecular flexibility index (Phi) is 1.23. The zero-order valence-corrected chi connectivity index (χ0v) is 7.23. The first-order chi connectivity index (χ1) is 6.90. The minimum Gasteiger partial charge on any atom is -0.256 e. The van der Waals surface area contributed by atoms with E-state index in [4.69, 9.17) is 5.26 Å². The summed E-state index contributed by atoms with van der Waals surface area (Å²) in [6.07, 6.45) is 1.71. The maximum atomic E-state index is 8.89. The topological polar surface area (TPSA) is 49.0 Å². The second kappa shape index (κ2) is 2.39. The van der Waals surface area contributed by atoms with E-state index in [1.807, 2.05) is 24.3 Å². The van der Waals surface area contributed by atoms with Crippen molar-refractivity contribution in [1.29, 1.82) is 5.26 Å². The highest BCUT2D eigenvalue weighted by Gasteiger charge is 2.17. The van der Waals surface area contributed by atoms with E-state index in [-0.39, 0.29) is 0 Å². The summed E-state index contributed by atoms with van der Waals surface area (Å²) in [7, 11) is 0. The van der Waals surface area contributed by atoms with Crippen molar-refractivity contribution in [3.8, 4) is 6.07 Å². The number of aliphatic imine (C=N–C) groups is 1. The molecule has 1 aromatic carbocycles. The van der Waals surface area contributed by atoms with Gasteiger partial charge in [-0.15, -0.1) is 0 Å². The van der Waals surface area contributed by atoms with Gasteiger partial charge in [-0.05, 0) is 18.2 Å². The summed E-state index contributed by atoms with van der Waals surface area (Å²) in [6, 6.07) is 9.66. The third-order valence-corrected chi connectivity index (χ3v) is 2.34. The van der Waals surface area contributed by atoms with Crippen LogP contribution in [0.4, 0.5) is 5.69 Å². The monoisotopic (exact) mass is 179 g/mol. The first kappa shape index (κ1) is 7.22. The summed E-state index contributed by atoms with van der Waals surface area (Å²) in [6.45, 7) is 0. The van der Waals surface area contributed by atoms with Crippen LogP contribution < -0.4 is 0 Å². The highest BCUT2D eigenvalue weighted by molar-refractivity contribution is 6.25. The average molecular weight is 179 g/mol. The third kappa shape index (κ3) is 0.748. The highest BCUT2D eigenvalue weighted by Crippen LogP contribution is 2.33. The van der Waals surface area contributed by atoms with Crippen LogP contribution in [0.15, 0.2) is 35.5 Å². The standard InChI is InChI=1S/C11H5N3/c12-6-10-7-4-5-13-8-2-1-3-9(14-10)11(7)8/h1-5H. The van der Waals surface area contributed by atoms with Crippen molar-refractivity contribution in [1.82, 2.24) is 4.98 Å². The second-order valence-electron chi connectivity index (χ2n) is 3.10. The van der Waals surface area contributed by atoms with Gasteiger partial charge in [0.05, 0.1) is 11.2 Å². The summed E-state index contributed by atoms with van der Waals surface area (Å²) in [5.74, 6) is 0. The van der Waals surface area contributed by atoms with Crippen LogP contribution in [-0.2, 0) is 0 Å². The summed E-state index contributed by atoms with van der Waals surface area (Å²) in [5.41, 5.74) is 3.13.